The zero-order valence-corrected chi connectivity index (χ0v) is 59.0. The smallest absolute Gasteiger partial charge is 0.399 e. The molecule has 0 spiro atoms. The van der Waals surface area contributed by atoms with Crippen LogP contribution in [-0.4, -0.2) is 55.0 Å². The molecule has 96 heavy (non-hydrogen) atoms. The van der Waals surface area contributed by atoms with Gasteiger partial charge in [-0.3, -0.25) is 0 Å². The van der Waals surface area contributed by atoms with Crippen LogP contribution in [-0.2, 0) is 27.9 Å². The minimum atomic E-state index is -0.362. The third-order valence-corrected chi connectivity index (χ3v) is 24.3. The summed E-state index contributed by atoms with van der Waals surface area (Å²) in [6, 6.07) is 89.1. The van der Waals surface area contributed by atoms with Crippen molar-refractivity contribution in [2.24, 2.45) is 0 Å². The van der Waals surface area contributed by atoms with Gasteiger partial charge in [0.2, 0.25) is 0 Å². The van der Waals surface area contributed by atoms with E-state index in [1.807, 2.05) is 34.0 Å². The summed E-state index contributed by atoms with van der Waals surface area (Å²) in [5, 5.41) is 7.96. The van der Waals surface area contributed by atoms with Gasteiger partial charge in [-0.15, -0.1) is 34.0 Å². The summed E-state index contributed by atoms with van der Waals surface area (Å²) < 4.78 is 45.7. The van der Waals surface area contributed by atoms with Gasteiger partial charge in [0.05, 0.1) is 33.6 Å². The molecule has 0 amide bonds. The fraction of sp³-hybridized carbons (Fsp3) is 0.214. The maximum atomic E-state index is 6.29. The molecule has 14 aromatic rings. The molecule has 3 fully saturated rings. The molecule has 0 bridgehead atoms. The summed E-state index contributed by atoms with van der Waals surface area (Å²) in [7, 11) is -1.06. The van der Waals surface area contributed by atoms with Crippen LogP contribution in [0.3, 0.4) is 0 Å². The Morgan fingerprint density at radius 3 is 0.917 bits per heavy atom. The van der Waals surface area contributed by atoms with Gasteiger partial charge < -0.3 is 27.9 Å². The van der Waals surface area contributed by atoms with E-state index in [0.717, 1.165) is 27.5 Å². The number of rotatable bonds is 8. The van der Waals surface area contributed by atoms with Crippen LogP contribution in [0, 0.1) is 0 Å². The van der Waals surface area contributed by atoms with Crippen molar-refractivity contribution >= 4 is 132 Å². The van der Waals surface area contributed by atoms with E-state index in [-0.39, 0.29) is 55.0 Å². The van der Waals surface area contributed by atoms with Gasteiger partial charge in [0, 0.05) is 60.5 Å². The molecule has 6 nitrogen and oxygen atoms in total. The van der Waals surface area contributed by atoms with Crippen molar-refractivity contribution in [3.63, 3.8) is 0 Å². The van der Waals surface area contributed by atoms with Crippen molar-refractivity contribution in [2.45, 2.75) is 117 Å². The molecule has 3 saturated heterocycles. The highest BCUT2D eigenvalue weighted by Crippen LogP contribution is 2.45. The predicted octanol–water partition coefficient (Wildman–Crippen LogP) is 21.4. The largest absolute Gasteiger partial charge is 0.494 e. The van der Waals surface area contributed by atoms with E-state index in [1.54, 1.807) is 0 Å². The summed E-state index contributed by atoms with van der Waals surface area (Å²) in [4.78, 5) is 0. The quantitative estimate of drug-likeness (QED) is 0.141. The van der Waals surface area contributed by atoms with Crippen LogP contribution in [0.4, 0.5) is 0 Å². The first-order valence-corrected chi connectivity index (χ1v) is 35.8. The minimum Gasteiger partial charge on any atom is -0.399 e. The number of hydrogen-bond acceptors (Lipinski definition) is 9. The summed E-state index contributed by atoms with van der Waals surface area (Å²) in [5.41, 5.74) is 13.3. The molecule has 0 aliphatic carbocycles. The van der Waals surface area contributed by atoms with Crippen LogP contribution < -0.4 is 16.4 Å². The van der Waals surface area contributed by atoms with Crippen molar-refractivity contribution in [1.29, 1.82) is 0 Å². The summed E-state index contributed by atoms with van der Waals surface area (Å²) in [6.45, 7) is 25.1. The molecule has 17 rings (SSSR count). The molecule has 0 unspecified atom stereocenters. The Bertz CT molecular complexity index is 5230. The van der Waals surface area contributed by atoms with Crippen LogP contribution in [0.1, 0.15) is 83.1 Å². The van der Waals surface area contributed by atoms with E-state index in [9.17, 15) is 0 Å². The second-order valence-electron chi connectivity index (χ2n) is 28.6. The zero-order valence-electron chi connectivity index (χ0n) is 56.6. The normalized spacial score (nSPS) is 17.4. The standard InChI is InChI=1S/2C30H27BO2S.C24H23BO2S/c1-29(2)30(3,4)33-31(32-29)23-13-8-11-21(19-23)20-10-7-12-22(18-20)24-15-9-16-26-25-14-5-6-17-27(25)34-28(24)26;1-29(2)30(3,4)33-31(32-29)23-13-8-11-21(19-23)20-10-7-12-22(18-20)24-15-9-17-27-28(24)25-14-5-6-16-26(25)34-27;1-23(2)24(3,4)27-25(26-23)17-10-7-9-16(15-17)18-12-8-13-20-19-11-5-6-14-21(19)28-22(18)20/h2*5-19H,1-4H3;5-15H,1-4H3. The van der Waals surface area contributed by atoms with E-state index >= 15 is 0 Å². The molecule has 0 saturated carbocycles. The number of hydrogen-bond donors (Lipinski definition) is 0. The van der Waals surface area contributed by atoms with Crippen molar-refractivity contribution in [2.75, 3.05) is 0 Å². The summed E-state index contributed by atoms with van der Waals surface area (Å²) in [6.07, 6.45) is 0. The Morgan fingerprint density at radius 1 is 0.229 bits per heavy atom. The Labute approximate surface area is 577 Å². The molecule has 3 aliphatic heterocycles. The molecule has 12 heteroatoms. The molecular weight excluding hydrogens is 1230 g/mol. The van der Waals surface area contributed by atoms with Gasteiger partial charge in [-0.05, 0) is 192 Å². The highest BCUT2D eigenvalue weighted by Gasteiger charge is 2.54. The summed E-state index contributed by atoms with van der Waals surface area (Å²) in [5.74, 6) is 0. The zero-order chi connectivity index (χ0) is 66.5. The Hall–Kier alpha value is -7.97. The monoisotopic (exact) mass is 1310 g/mol. The lowest BCUT2D eigenvalue weighted by Crippen LogP contribution is -2.41. The topological polar surface area (TPSA) is 55.4 Å². The van der Waals surface area contributed by atoms with E-state index in [2.05, 4.69) is 332 Å². The van der Waals surface area contributed by atoms with E-state index < -0.39 is 0 Å². The van der Waals surface area contributed by atoms with Crippen molar-refractivity contribution < 1.29 is 27.9 Å². The fourth-order valence-electron chi connectivity index (χ4n) is 13.2. The van der Waals surface area contributed by atoms with Crippen LogP contribution in [0.2, 0.25) is 0 Å². The van der Waals surface area contributed by atoms with Gasteiger partial charge in [0.15, 0.2) is 0 Å². The molecule has 476 valence electrons. The van der Waals surface area contributed by atoms with Gasteiger partial charge in [-0.25, -0.2) is 0 Å². The average Bonchev–Trinajstić information content (AvgIpc) is 1.57. The highest BCUT2D eigenvalue weighted by atomic mass is 32.1. The lowest BCUT2D eigenvalue weighted by molar-refractivity contribution is 0.00578. The average molecular weight is 1310 g/mol. The second-order valence-corrected chi connectivity index (χ2v) is 31.8. The van der Waals surface area contributed by atoms with Crippen molar-refractivity contribution in [3.8, 4) is 55.6 Å². The second kappa shape index (κ2) is 24.5. The molecule has 3 aromatic heterocycles. The van der Waals surface area contributed by atoms with Crippen LogP contribution in [0.25, 0.3) is 116 Å². The maximum absolute atomic E-state index is 6.29. The lowest BCUT2D eigenvalue weighted by atomic mass is 9.78. The molecule has 11 aromatic carbocycles. The molecule has 0 atom stereocenters. The number of fused-ring (bicyclic) bond motifs is 9. The Balaban J connectivity index is 0.000000119. The maximum Gasteiger partial charge on any atom is 0.494 e. The molecule has 0 radical (unpaired) electrons. The van der Waals surface area contributed by atoms with Gasteiger partial charge in [-0.1, -0.05) is 212 Å². The van der Waals surface area contributed by atoms with Gasteiger partial charge in [0.1, 0.15) is 0 Å². The van der Waals surface area contributed by atoms with Gasteiger partial charge >= 0.3 is 21.4 Å². The van der Waals surface area contributed by atoms with E-state index in [0.29, 0.717) is 0 Å². The first-order valence-electron chi connectivity index (χ1n) is 33.3. The predicted molar refractivity (Wildman–Crippen MR) is 412 cm³/mol. The Kier molecular flexibility index (Phi) is 16.4. The van der Waals surface area contributed by atoms with Crippen molar-refractivity contribution in [1.82, 2.24) is 0 Å². The first-order chi connectivity index (χ1) is 46.0. The van der Waals surface area contributed by atoms with Gasteiger partial charge in [0.25, 0.3) is 0 Å². The Morgan fingerprint density at radius 2 is 0.500 bits per heavy atom. The summed E-state index contributed by atoms with van der Waals surface area (Å²) >= 11 is 5.59. The van der Waals surface area contributed by atoms with E-state index in [4.69, 9.17) is 27.9 Å². The number of benzene rings is 11. The third kappa shape index (κ3) is 11.8. The molecular formula is C84H77B3O6S3. The van der Waals surface area contributed by atoms with E-state index in [1.165, 1.54) is 105 Å². The highest BCUT2D eigenvalue weighted by molar-refractivity contribution is 7.27. The molecule has 3 aliphatic rings. The third-order valence-electron chi connectivity index (χ3n) is 20.8. The molecule has 6 heterocycles. The van der Waals surface area contributed by atoms with Gasteiger partial charge in [-0.2, -0.15) is 0 Å². The molecule has 0 N–H and O–H groups in total. The van der Waals surface area contributed by atoms with Crippen molar-refractivity contribution in [3.05, 3.63) is 249 Å². The number of thiophene rings is 3. The van der Waals surface area contributed by atoms with Crippen LogP contribution in [0.5, 0.6) is 0 Å². The van der Waals surface area contributed by atoms with Crippen LogP contribution in [0.15, 0.2) is 249 Å². The van der Waals surface area contributed by atoms with Crippen LogP contribution >= 0.6 is 34.0 Å². The minimum absolute atomic E-state index is 0.334. The SMILES string of the molecule is CC1(C)OB(c2cccc(-c3cccc(-c4cccc5c4sc4ccccc45)c3)c2)OC1(C)C.CC1(C)OB(c2cccc(-c3cccc(-c4cccc5sc6ccccc6c45)c3)c2)OC1(C)C.CC1(C)OB(c2cccc(-c3cccc4c3sc3ccccc34)c2)OC1(C)C. The first kappa shape index (κ1) is 64.1. The fourth-order valence-corrected chi connectivity index (χ4v) is 16.8. The lowest BCUT2D eigenvalue weighted by Gasteiger charge is -2.32.